The first kappa shape index (κ1) is 29.8. The lowest BCUT2D eigenvalue weighted by atomic mass is 9.97. The Labute approximate surface area is 246 Å². The van der Waals surface area contributed by atoms with Gasteiger partial charge in [0.05, 0.1) is 12.9 Å². The molecule has 8 heteroatoms. The van der Waals surface area contributed by atoms with Crippen LogP contribution >= 0.6 is 11.8 Å². The van der Waals surface area contributed by atoms with Crippen molar-refractivity contribution >= 4 is 29.3 Å². The molecule has 0 spiro atoms. The van der Waals surface area contributed by atoms with E-state index in [0.717, 1.165) is 28.1 Å². The highest BCUT2D eigenvalue weighted by Gasteiger charge is 2.32. The Morgan fingerprint density at radius 1 is 0.878 bits per heavy atom. The quantitative estimate of drug-likeness (QED) is 0.160. The largest absolute Gasteiger partial charge is 0.497 e. The maximum absolute atomic E-state index is 14.0. The molecule has 1 heterocycles. The Balaban J connectivity index is 1.70. The van der Waals surface area contributed by atoms with E-state index in [4.69, 9.17) is 4.74 Å². The molecule has 4 aromatic rings. The minimum absolute atomic E-state index is 0.0894. The maximum Gasteiger partial charge on any atom is 0.251 e. The molecule has 1 N–H and O–H groups in total. The van der Waals surface area contributed by atoms with Gasteiger partial charge in [0.25, 0.3) is 5.91 Å². The van der Waals surface area contributed by atoms with Crippen LogP contribution in [0.1, 0.15) is 53.9 Å². The van der Waals surface area contributed by atoms with Gasteiger partial charge < -0.3 is 15.0 Å². The molecule has 212 valence electrons. The van der Waals surface area contributed by atoms with Crippen molar-refractivity contribution in [3.05, 3.63) is 113 Å². The molecule has 0 unspecified atom stereocenters. The van der Waals surface area contributed by atoms with Gasteiger partial charge in [-0.25, -0.2) is 9.97 Å². The first-order valence-corrected chi connectivity index (χ1v) is 14.6. The van der Waals surface area contributed by atoms with Gasteiger partial charge >= 0.3 is 0 Å². The van der Waals surface area contributed by atoms with E-state index in [1.807, 2.05) is 74.5 Å². The molecule has 4 rings (SSSR count). The smallest absolute Gasteiger partial charge is 0.251 e. The van der Waals surface area contributed by atoms with Gasteiger partial charge in [-0.3, -0.25) is 9.59 Å². The molecule has 7 nitrogen and oxygen atoms in total. The van der Waals surface area contributed by atoms with Gasteiger partial charge in [-0.2, -0.15) is 0 Å². The molecule has 41 heavy (non-hydrogen) atoms. The van der Waals surface area contributed by atoms with Crippen LogP contribution in [0.4, 0.5) is 5.69 Å². The van der Waals surface area contributed by atoms with E-state index >= 15 is 0 Å². The lowest BCUT2D eigenvalue weighted by Gasteiger charge is -2.32. The van der Waals surface area contributed by atoms with Crippen LogP contribution in [0, 0.1) is 13.8 Å². The third kappa shape index (κ3) is 8.17. The summed E-state index contributed by atoms with van der Waals surface area (Å²) in [5, 5.41) is 3.56. The van der Waals surface area contributed by atoms with Crippen LogP contribution in [0.2, 0.25) is 0 Å². The summed E-state index contributed by atoms with van der Waals surface area (Å²) in [6.07, 6.45) is 0. The fourth-order valence-corrected chi connectivity index (χ4v) is 5.33. The number of anilines is 1. The number of carbonyl (C=O) groups excluding carboxylic acids is 2. The van der Waals surface area contributed by atoms with Crippen molar-refractivity contribution in [2.24, 2.45) is 0 Å². The Kier molecular flexibility index (Phi) is 10.1. The zero-order chi connectivity index (χ0) is 29.4. The summed E-state index contributed by atoms with van der Waals surface area (Å²) >= 11 is 1.28. The van der Waals surface area contributed by atoms with E-state index in [1.54, 1.807) is 36.3 Å². The van der Waals surface area contributed by atoms with Crippen molar-refractivity contribution in [2.75, 3.05) is 18.2 Å². The molecule has 0 bridgehead atoms. The molecule has 0 aliphatic carbocycles. The number of carbonyl (C=O) groups is 2. The summed E-state index contributed by atoms with van der Waals surface area (Å²) in [5.41, 5.74) is 5.12. The summed E-state index contributed by atoms with van der Waals surface area (Å²) in [7, 11) is 1.60. The number of ether oxygens (including phenoxy) is 1. The molecular weight excluding hydrogens is 532 g/mol. The van der Waals surface area contributed by atoms with Crippen LogP contribution in [0.3, 0.4) is 0 Å². The van der Waals surface area contributed by atoms with E-state index in [9.17, 15) is 9.59 Å². The first-order valence-electron chi connectivity index (χ1n) is 13.6. The molecule has 0 aliphatic rings. The van der Waals surface area contributed by atoms with E-state index in [-0.39, 0.29) is 24.1 Å². The van der Waals surface area contributed by atoms with E-state index in [2.05, 4.69) is 29.1 Å². The molecule has 0 fully saturated rings. The standard InChI is InChI=1S/C33H36N4O3S/c1-22(2)26-11-13-27(14-12-26)31(32(39)36-28-15-17-29(40-5)18-16-28)37(20-25-9-7-6-8-10-25)30(38)21-41-33-34-23(3)19-24(4)35-33/h6-19,22,31H,20-21H2,1-5H3,(H,36,39)/t31-/m0/s1. The van der Waals surface area contributed by atoms with Crippen molar-refractivity contribution in [1.82, 2.24) is 14.9 Å². The lowest BCUT2D eigenvalue weighted by Crippen LogP contribution is -2.41. The van der Waals surface area contributed by atoms with E-state index in [0.29, 0.717) is 22.5 Å². The molecule has 0 aliphatic heterocycles. The minimum atomic E-state index is -0.869. The van der Waals surface area contributed by atoms with Gasteiger partial charge in [-0.15, -0.1) is 0 Å². The number of methoxy groups -OCH3 is 1. The highest BCUT2D eigenvalue weighted by Crippen LogP contribution is 2.29. The van der Waals surface area contributed by atoms with E-state index < -0.39 is 6.04 Å². The average molecular weight is 569 g/mol. The molecule has 2 amide bonds. The molecule has 0 radical (unpaired) electrons. The predicted molar refractivity (Wildman–Crippen MR) is 164 cm³/mol. The summed E-state index contributed by atoms with van der Waals surface area (Å²) in [5.74, 6) is 0.627. The number of rotatable bonds is 11. The summed E-state index contributed by atoms with van der Waals surface area (Å²) in [6.45, 7) is 8.33. The second kappa shape index (κ2) is 13.9. The summed E-state index contributed by atoms with van der Waals surface area (Å²) in [6, 6.07) is 25.8. The highest BCUT2D eigenvalue weighted by atomic mass is 32.2. The Morgan fingerprint density at radius 3 is 2.07 bits per heavy atom. The SMILES string of the molecule is COc1ccc(NC(=O)[C@H](c2ccc(C(C)C)cc2)N(Cc2ccccc2)C(=O)CSc2nc(C)cc(C)n2)cc1. The van der Waals surface area contributed by atoms with E-state index in [1.165, 1.54) is 11.8 Å². The van der Waals surface area contributed by atoms with Crippen LogP contribution in [0.25, 0.3) is 0 Å². The van der Waals surface area contributed by atoms with Gasteiger partial charge in [-0.1, -0.05) is 80.2 Å². The molecule has 1 aromatic heterocycles. The highest BCUT2D eigenvalue weighted by molar-refractivity contribution is 7.99. The Hall–Kier alpha value is -4.17. The third-order valence-corrected chi connectivity index (χ3v) is 7.47. The molecule has 0 saturated heterocycles. The predicted octanol–water partition coefficient (Wildman–Crippen LogP) is 6.73. The zero-order valence-corrected chi connectivity index (χ0v) is 24.9. The van der Waals surface area contributed by atoms with Gasteiger partial charge in [0, 0.05) is 23.6 Å². The maximum atomic E-state index is 14.0. The number of hydrogen-bond acceptors (Lipinski definition) is 6. The van der Waals surface area contributed by atoms with Gasteiger partial charge in [0.15, 0.2) is 5.16 Å². The Bertz CT molecular complexity index is 1440. The molecule has 0 saturated carbocycles. The van der Waals surface area contributed by atoms with Crippen LogP contribution < -0.4 is 10.1 Å². The number of hydrogen-bond donors (Lipinski definition) is 1. The lowest BCUT2D eigenvalue weighted by molar-refractivity contribution is -0.137. The molecule has 1 atom stereocenters. The fraction of sp³-hybridized carbons (Fsp3) is 0.273. The van der Waals surface area contributed by atoms with Crippen LogP contribution in [-0.4, -0.2) is 39.5 Å². The summed E-state index contributed by atoms with van der Waals surface area (Å²) in [4.78, 5) is 38.6. The first-order chi connectivity index (χ1) is 19.7. The molecular formula is C33H36N4O3S. The number of aromatic nitrogens is 2. The van der Waals surface area contributed by atoms with Crippen molar-refractivity contribution in [3.63, 3.8) is 0 Å². The van der Waals surface area contributed by atoms with Crippen molar-refractivity contribution in [2.45, 2.75) is 51.4 Å². The number of thioether (sulfide) groups is 1. The van der Waals surface area contributed by atoms with Gasteiger partial charge in [0.2, 0.25) is 5.91 Å². The second-order valence-electron chi connectivity index (χ2n) is 10.2. The second-order valence-corrected chi connectivity index (χ2v) is 11.1. The van der Waals surface area contributed by atoms with Crippen molar-refractivity contribution in [3.8, 4) is 5.75 Å². The van der Waals surface area contributed by atoms with Gasteiger partial charge in [-0.05, 0) is 66.8 Å². The monoisotopic (exact) mass is 568 g/mol. The van der Waals surface area contributed by atoms with Crippen LogP contribution in [0.15, 0.2) is 90.1 Å². The third-order valence-electron chi connectivity index (χ3n) is 6.64. The fourth-order valence-electron chi connectivity index (χ4n) is 4.49. The topological polar surface area (TPSA) is 84.4 Å². The average Bonchev–Trinajstić information content (AvgIpc) is 2.96. The normalized spacial score (nSPS) is 11.7. The van der Waals surface area contributed by atoms with Crippen molar-refractivity contribution < 1.29 is 14.3 Å². The minimum Gasteiger partial charge on any atom is -0.497 e. The number of aryl methyl sites for hydroxylation is 2. The van der Waals surface area contributed by atoms with Crippen LogP contribution in [-0.2, 0) is 16.1 Å². The number of amides is 2. The van der Waals surface area contributed by atoms with Gasteiger partial charge in [0.1, 0.15) is 11.8 Å². The Morgan fingerprint density at radius 2 is 1.49 bits per heavy atom. The number of benzene rings is 3. The number of nitrogens with one attached hydrogen (secondary N) is 1. The zero-order valence-electron chi connectivity index (χ0n) is 24.1. The van der Waals surface area contributed by atoms with Crippen LogP contribution in [0.5, 0.6) is 5.75 Å². The molecule has 3 aromatic carbocycles. The number of nitrogens with zero attached hydrogens (tertiary/aromatic N) is 3. The summed E-state index contributed by atoms with van der Waals surface area (Å²) < 4.78 is 5.26. The van der Waals surface area contributed by atoms with Crippen molar-refractivity contribution in [1.29, 1.82) is 0 Å².